The number of carbonyl (C=O) groups is 2. The van der Waals surface area contributed by atoms with Gasteiger partial charge in [0.15, 0.2) is 6.61 Å². The van der Waals surface area contributed by atoms with Gasteiger partial charge in [0, 0.05) is 11.1 Å². The summed E-state index contributed by atoms with van der Waals surface area (Å²) < 4.78 is 5.28. The lowest BCUT2D eigenvalue weighted by Gasteiger charge is -2.29. The van der Waals surface area contributed by atoms with Crippen LogP contribution < -0.4 is 15.4 Å². The molecule has 2 atom stereocenters. The first-order chi connectivity index (χ1) is 10.5. The van der Waals surface area contributed by atoms with Gasteiger partial charge in [-0.05, 0) is 37.0 Å². The van der Waals surface area contributed by atoms with E-state index in [0.717, 1.165) is 19.3 Å². The predicted octanol–water partition coefficient (Wildman–Crippen LogP) is 3.12. The number of hydrogen-bond acceptors (Lipinski definition) is 3. The minimum Gasteiger partial charge on any atom is -0.484 e. The molecule has 22 heavy (non-hydrogen) atoms. The maximum absolute atomic E-state index is 11.8. The maximum Gasteiger partial charge on any atom is 0.321 e. The molecule has 5 nitrogen and oxygen atoms in total. The second kappa shape index (κ2) is 8.03. The summed E-state index contributed by atoms with van der Waals surface area (Å²) in [5.41, 5.74) is 0. The van der Waals surface area contributed by atoms with Gasteiger partial charge in [-0.25, -0.2) is 4.79 Å². The zero-order chi connectivity index (χ0) is 15.9. The van der Waals surface area contributed by atoms with Crippen LogP contribution in [-0.2, 0) is 4.79 Å². The van der Waals surface area contributed by atoms with Crippen molar-refractivity contribution in [2.24, 2.45) is 5.92 Å². The highest BCUT2D eigenvalue weighted by Gasteiger charge is 2.23. The Kier molecular flexibility index (Phi) is 6.07. The molecule has 1 fully saturated rings. The third-order valence-electron chi connectivity index (χ3n) is 3.85. The van der Waals surface area contributed by atoms with E-state index in [1.54, 1.807) is 24.3 Å². The molecule has 0 radical (unpaired) electrons. The zero-order valence-electron chi connectivity index (χ0n) is 12.6. The van der Waals surface area contributed by atoms with Crippen LogP contribution in [-0.4, -0.2) is 24.6 Å². The van der Waals surface area contributed by atoms with Gasteiger partial charge in [0.05, 0.1) is 0 Å². The van der Waals surface area contributed by atoms with Crippen molar-refractivity contribution in [3.63, 3.8) is 0 Å². The molecule has 0 bridgehead atoms. The minimum absolute atomic E-state index is 0.135. The molecule has 1 aliphatic carbocycles. The molecule has 1 saturated carbocycles. The molecule has 3 amide bonds. The van der Waals surface area contributed by atoms with Crippen molar-refractivity contribution in [1.82, 2.24) is 10.6 Å². The van der Waals surface area contributed by atoms with Gasteiger partial charge in [0.2, 0.25) is 0 Å². The van der Waals surface area contributed by atoms with E-state index in [1.807, 2.05) is 0 Å². The number of halogens is 1. The van der Waals surface area contributed by atoms with E-state index in [0.29, 0.717) is 16.7 Å². The van der Waals surface area contributed by atoms with Crippen molar-refractivity contribution in [3.05, 3.63) is 29.3 Å². The monoisotopic (exact) mass is 324 g/mol. The highest BCUT2D eigenvalue weighted by Crippen LogP contribution is 2.23. The van der Waals surface area contributed by atoms with E-state index in [1.165, 1.54) is 6.42 Å². The number of nitrogens with one attached hydrogen (secondary N) is 2. The van der Waals surface area contributed by atoms with Gasteiger partial charge >= 0.3 is 6.03 Å². The fraction of sp³-hybridized carbons (Fsp3) is 0.500. The first-order valence-corrected chi connectivity index (χ1v) is 7.91. The van der Waals surface area contributed by atoms with Crippen LogP contribution in [0, 0.1) is 5.92 Å². The van der Waals surface area contributed by atoms with Gasteiger partial charge < -0.3 is 10.1 Å². The number of ether oxygens (including phenoxy) is 1. The van der Waals surface area contributed by atoms with Gasteiger partial charge in [0.25, 0.3) is 5.91 Å². The summed E-state index contributed by atoms with van der Waals surface area (Å²) in [6, 6.07) is 6.43. The highest BCUT2D eigenvalue weighted by atomic mass is 35.5. The highest BCUT2D eigenvalue weighted by molar-refractivity contribution is 6.30. The lowest BCUT2D eigenvalue weighted by Crippen LogP contribution is -2.48. The van der Waals surface area contributed by atoms with Crippen molar-refractivity contribution in [2.75, 3.05) is 6.61 Å². The molecular formula is C16H21ClN2O3. The molecule has 1 aromatic rings. The number of benzene rings is 1. The number of urea groups is 1. The molecule has 0 spiro atoms. The molecule has 0 aromatic heterocycles. The Hall–Kier alpha value is -1.75. The van der Waals surface area contributed by atoms with Crippen LogP contribution in [0.4, 0.5) is 4.79 Å². The second-order valence-corrected chi connectivity index (χ2v) is 6.07. The summed E-state index contributed by atoms with van der Waals surface area (Å²) in [6.07, 6.45) is 4.38. The van der Waals surface area contributed by atoms with Gasteiger partial charge in [-0.1, -0.05) is 37.4 Å². The van der Waals surface area contributed by atoms with Crippen LogP contribution in [0.25, 0.3) is 0 Å². The number of hydrogen-bond donors (Lipinski definition) is 2. The standard InChI is InChI=1S/C16H21ClN2O3/c1-11-5-2-3-8-14(11)18-16(21)19-15(20)10-22-13-7-4-6-12(17)9-13/h4,6-7,9,11,14H,2-3,5,8,10H2,1H3,(H2,18,19,20,21)/t11-,14+/m0/s1. The van der Waals surface area contributed by atoms with Crippen molar-refractivity contribution in [1.29, 1.82) is 0 Å². The quantitative estimate of drug-likeness (QED) is 0.894. The van der Waals surface area contributed by atoms with E-state index < -0.39 is 11.9 Å². The molecule has 0 heterocycles. The first-order valence-electron chi connectivity index (χ1n) is 7.53. The van der Waals surface area contributed by atoms with E-state index in [-0.39, 0.29) is 12.6 Å². The third-order valence-corrected chi connectivity index (χ3v) is 4.08. The first kappa shape index (κ1) is 16.6. The zero-order valence-corrected chi connectivity index (χ0v) is 13.4. The Morgan fingerprint density at radius 2 is 2.09 bits per heavy atom. The average Bonchev–Trinajstić information content (AvgIpc) is 2.47. The third kappa shape index (κ3) is 5.22. The Labute approximate surface area is 135 Å². The van der Waals surface area contributed by atoms with Gasteiger partial charge in [-0.15, -0.1) is 0 Å². The molecule has 2 N–H and O–H groups in total. The molecule has 2 rings (SSSR count). The van der Waals surface area contributed by atoms with E-state index in [2.05, 4.69) is 17.6 Å². The van der Waals surface area contributed by atoms with E-state index in [9.17, 15) is 9.59 Å². The molecule has 0 aliphatic heterocycles. The van der Waals surface area contributed by atoms with Crippen LogP contribution >= 0.6 is 11.6 Å². The fourth-order valence-electron chi connectivity index (χ4n) is 2.60. The number of rotatable bonds is 4. The lowest BCUT2D eigenvalue weighted by atomic mass is 9.86. The molecule has 0 saturated heterocycles. The molecule has 0 unspecified atom stereocenters. The van der Waals surface area contributed by atoms with Crippen LogP contribution in [0.3, 0.4) is 0 Å². The Balaban J connectivity index is 1.73. The number of amides is 3. The number of carbonyl (C=O) groups excluding carboxylic acids is 2. The van der Waals surface area contributed by atoms with Crippen molar-refractivity contribution < 1.29 is 14.3 Å². The summed E-state index contributed by atoms with van der Waals surface area (Å²) in [5, 5.41) is 5.67. The van der Waals surface area contributed by atoms with Crippen LogP contribution in [0.1, 0.15) is 32.6 Å². The largest absolute Gasteiger partial charge is 0.484 e. The Bertz CT molecular complexity index is 536. The van der Waals surface area contributed by atoms with Crippen LogP contribution in [0.5, 0.6) is 5.75 Å². The smallest absolute Gasteiger partial charge is 0.321 e. The summed E-state index contributed by atoms with van der Waals surface area (Å²) in [5.74, 6) is 0.446. The van der Waals surface area contributed by atoms with Crippen molar-refractivity contribution >= 4 is 23.5 Å². The molecule has 1 aromatic carbocycles. The Morgan fingerprint density at radius 3 is 2.82 bits per heavy atom. The minimum atomic E-state index is -0.485. The molecule has 1 aliphatic rings. The molecule has 6 heteroatoms. The summed E-state index contributed by atoms with van der Waals surface area (Å²) >= 11 is 5.82. The van der Waals surface area contributed by atoms with E-state index in [4.69, 9.17) is 16.3 Å². The van der Waals surface area contributed by atoms with Crippen molar-refractivity contribution in [2.45, 2.75) is 38.6 Å². The molecular weight excluding hydrogens is 304 g/mol. The normalized spacial score (nSPS) is 21.0. The SMILES string of the molecule is C[C@H]1CCCC[C@H]1NC(=O)NC(=O)COc1cccc(Cl)c1. The van der Waals surface area contributed by atoms with E-state index >= 15 is 0 Å². The van der Waals surface area contributed by atoms with Gasteiger partial charge in [0.1, 0.15) is 5.75 Å². The maximum atomic E-state index is 11.8. The topological polar surface area (TPSA) is 67.4 Å². The summed E-state index contributed by atoms with van der Waals surface area (Å²) in [4.78, 5) is 23.5. The van der Waals surface area contributed by atoms with Crippen molar-refractivity contribution in [3.8, 4) is 5.75 Å². The summed E-state index contributed by atoms with van der Waals surface area (Å²) in [6.45, 7) is 1.89. The lowest BCUT2D eigenvalue weighted by molar-refractivity contribution is -0.122. The Morgan fingerprint density at radius 1 is 1.32 bits per heavy atom. The fourth-order valence-corrected chi connectivity index (χ4v) is 2.78. The van der Waals surface area contributed by atoms with Crippen LogP contribution in [0.2, 0.25) is 5.02 Å². The second-order valence-electron chi connectivity index (χ2n) is 5.64. The summed E-state index contributed by atoms with van der Waals surface area (Å²) in [7, 11) is 0. The molecule has 120 valence electrons. The van der Waals surface area contributed by atoms with Gasteiger partial charge in [-0.3, -0.25) is 10.1 Å². The average molecular weight is 325 g/mol. The van der Waals surface area contributed by atoms with Gasteiger partial charge in [-0.2, -0.15) is 0 Å². The van der Waals surface area contributed by atoms with Crippen LogP contribution in [0.15, 0.2) is 24.3 Å². The predicted molar refractivity (Wildman–Crippen MR) is 85.0 cm³/mol. The number of imide groups is 1.